The first kappa shape index (κ1) is 22.4. The van der Waals surface area contributed by atoms with Crippen molar-refractivity contribution in [2.75, 3.05) is 10.6 Å². The van der Waals surface area contributed by atoms with Crippen LogP contribution in [0.15, 0.2) is 73.1 Å². The van der Waals surface area contributed by atoms with Gasteiger partial charge in [0.25, 0.3) is 5.91 Å². The van der Waals surface area contributed by atoms with Gasteiger partial charge in [-0.1, -0.05) is 24.3 Å². The molecule has 10 heteroatoms. The molecule has 0 saturated carbocycles. The molecule has 0 saturated heterocycles. The largest absolute Gasteiger partial charge is 0.416 e. The summed E-state index contributed by atoms with van der Waals surface area (Å²) in [5, 5.41) is 5.88. The molecule has 0 spiro atoms. The van der Waals surface area contributed by atoms with Gasteiger partial charge < -0.3 is 5.32 Å². The number of hydrogen-bond donors (Lipinski definition) is 2. The molecule has 0 aliphatic heterocycles. The monoisotopic (exact) mass is 472 g/mol. The van der Waals surface area contributed by atoms with Crippen LogP contribution in [0.4, 0.5) is 34.2 Å². The lowest BCUT2D eigenvalue weighted by molar-refractivity contribution is -0.137. The first-order valence-corrected chi connectivity index (χ1v) is 10.5. The van der Waals surface area contributed by atoms with Crippen molar-refractivity contribution in [3.05, 3.63) is 100 Å². The van der Waals surface area contributed by atoms with Gasteiger partial charge in [0, 0.05) is 29.4 Å². The maximum Gasteiger partial charge on any atom is 0.416 e. The molecule has 2 aromatic heterocycles. The van der Waals surface area contributed by atoms with Gasteiger partial charge in [-0.05, 0) is 42.0 Å². The van der Waals surface area contributed by atoms with Crippen LogP contribution in [0, 0.1) is 5.82 Å². The number of amides is 1. The number of carbonyl (C=O) groups excluding carboxylic acids is 1. The van der Waals surface area contributed by atoms with E-state index in [2.05, 4.69) is 20.6 Å². The molecule has 0 fully saturated rings. The Morgan fingerprint density at radius 1 is 1.00 bits per heavy atom. The molecule has 2 aromatic carbocycles. The average molecular weight is 472 g/mol. The predicted molar refractivity (Wildman–Crippen MR) is 118 cm³/mol. The summed E-state index contributed by atoms with van der Waals surface area (Å²) in [4.78, 5) is 21.8. The van der Waals surface area contributed by atoms with Crippen LogP contribution in [0.25, 0.3) is 0 Å². The highest BCUT2D eigenvalue weighted by Crippen LogP contribution is 2.31. The van der Waals surface area contributed by atoms with Crippen LogP contribution in [0.5, 0.6) is 0 Å². The third-order valence-corrected chi connectivity index (χ3v) is 5.46. The molecule has 33 heavy (non-hydrogen) atoms. The van der Waals surface area contributed by atoms with Crippen molar-refractivity contribution in [3.8, 4) is 0 Å². The standard InChI is InChI=1S/C23H16F4N4OS/c24-16-6-2-7-17(12-16)30-20-19(8-3-9-28-20)21(32)31-22-29-13-18(33-22)11-14-4-1-5-15(10-14)23(25,26)27/h1-10,12-13H,11H2,(H,28,30)(H,29,31,32). The van der Waals surface area contributed by atoms with E-state index in [4.69, 9.17) is 0 Å². The van der Waals surface area contributed by atoms with Crippen LogP contribution in [0.3, 0.4) is 0 Å². The van der Waals surface area contributed by atoms with Crippen molar-refractivity contribution in [2.45, 2.75) is 12.6 Å². The molecule has 4 aromatic rings. The van der Waals surface area contributed by atoms with E-state index in [1.54, 1.807) is 24.3 Å². The van der Waals surface area contributed by atoms with Crippen molar-refractivity contribution in [1.29, 1.82) is 0 Å². The van der Waals surface area contributed by atoms with Gasteiger partial charge in [0.1, 0.15) is 11.6 Å². The fourth-order valence-electron chi connectivity index (χ4n) is 3.06. The van der Waals surface area contributed by atoms with Crippen LogP contribution in [0.1, 0.15) is 26.4 Å². The Bertz CT molecular complexity index is 1290. The molecule has 0 aliphatic rings. The van der Waals surface area contributed by atoms with Gasteiger partial charge in [-0.15, -0.1) is 11.3 Å². The van der Waals surface area contributed by atoms with Gasteiger partial charge in [-0.3, -0.25) is 10.1 Å². The van der Waals surface area contributed by atoms with E-state index < -0.39 is 23.5 Å². The number of nitrogens with one attached hydrogen (secondary N) is 2. The maximum atomic E-state index is 13.5. The number of thiazole rings is 1. The highest BCUT2D eigenvalue weighted by atomic mass is 32.1. The number of alkyl halides is 3. The molecule has 0 atom stereocenters. The smallest absolute Gasteiger partial charge is 0.339 e. The first-order chi connectivity index (χ1) is 15.8. The number of pyridine rings is 1. The number of rotatable bonds is 6. The van der Waals surface area contributed by atoms with Crippen LogP contribution in [-0.2, 0) is 12.6 Å². The second-order valence-electron chi connectivity index (χ2n) is 7.00. The van der Waals surface area contributed by atoms with Gasteiger partial charge in [0.2, 0.25) is 0 Å². The summed E-state index contributed by atoms with van der Waals surface area (Å²) in [5.74, 6) is -0.679. The number of nitrogens with zero attached hydrogens (tertiary/aromatic N) is 2. The zero-order valence-electron chi connectivity index (χ0n) is 16.9. The van der Waals surface area contributed by atoms with Crippen molar-refractivity contribution in [1.82, 2.24) is 9.97 Å². The fraction of sp³-hybridized carbons (Fsp3) is 0.0870. The Kier molecular flexibility index (Phi) is 6.36. The lowest BCUT2D eigenvalue weighted by Gasteiger charge is -2.10. The molecule has 0 unspecified atom stereocenters. The Morgan fingerprint density at radius 3 is 2.61 bits per heavy atom. The van der Waals surface area contributed by atoms with Crippen LogP contribution >= 0.6 is 11.3 Å². The Hall–Kier alpha value is -3.79. The molecule has 2 heterocycles. The number of anilines is 3. The molecule has 0 bridgehead atoms. The van der Waals surface area contributed by atoms with Gasteiger partial charge >= 0.3 is 6.18 Å². The van der Waals surface area contributed by atoms with Crippen LogP contribution in [0.2, 0.25) is 0 Å². The zero-order valence-corrected chi connectivity index (χ0v) is 17.7. The zero-order chi connectivity index (χ0) is 23.4. The number of benzene rings is 2. The van der Waals surface area contributed by atoms with Gasteiger partial charge in [-0.2, -0.15) is 13.2 Å². The van der Waals surface area contributed by atoms with E-state index >= 15 is 0 Å². The molecular formula is C23H16F4N4OS. The maximum absolute atomic E-state index is 13.5. The second-order valence-corrected chi connectivity index (χ2v) is 8.11. The summed E-state index contributed by atoms with van der Waals surface area (Å²) in [5.41, 5.74) is 0.421. The molecule has 1 amide bonds. The summed E-state index contributed by atoms with van der Waals surface area (Å²) in [6, 6.07) is 14.0. The van der Waals surface area contributed by atoms with E-state index in [1.165, 1.54) is 36.7 Å². The normalized spacial score (nSPS) is 11.3. The molecule has 4 rings (SSSR count). The Labute approximate surface area is 190 Å². The minimum Gasteiger partial charge on any atom is -0.339 e. The third-order valence-electron chi connectivity index (χ3n) is 4.55. The van der Waals surface area contributed by atoms with Crippen molar-refractivity contribution in [2.24, 2.45) is 0 Å². The Morgan fingerprint density at radius 2 is 1.82 bits per heavy atom. The van der Waals surface area contributed by atoms with Gasteiger partial charge in [-0.25, -0.2) is 14.4 Å². The van der Waals surface area contributed by atoms with Gasteiger partial charge in [0.15, 0.2) is 5.13 Å². The minimum atomic E-state index is -4.41. The van der Waals surface area contributed by atoms with Crippen LogP contribution < -0.4 is 10.6 Å². The minimum absolute atomic E-state index is 0.219. The molecular weight excluding hydrogens is 456 g/mol. The molecule has 0 aliphatic carbocycles. The highest BCUT2D eigenvalue weighted by molar-refractivity contribution is 7.15. The summed E-state index contributed by atoms with van der Waals surface area (Å²) in [6.07, 6.45) is -1.16. The Balaban J connectivity index is 1.46. The highest BCUT2D eigenvalue weighted by Gasteiger charge is 2.30. The summed E-state index contributed by atoms with van der Waals surface area (Å²) in [7, 11) is 0. The van der Waals surface area contributed by atoms with E-state index in [1.807, 2.05) is 0 Å². The fourth-order valence-corrected chi connectivity index (χ4v) is 3.90. The summed E-state index contributed by atoms with van der Waals surface area (Å²) < 4.78 is 52.2. The number of carbonyl (C=O) groups is 1. The average Bonchev–Trinajstić information content (AvgIpc) is 3.20. The molecule has 5 nitrogen and oxygen atoms in total. The molecule has 2 N–H and O–H groups in total. The first-order valence-electron chi connectivity index (χ1n) is 9.68. The topological polar surface area (TPSA) is 66.9 Å². The lowest BCUT2D eigenvalue weighted by Crippen LogP contribution is -2.14. The number of hydrogen-bond acceptors (Lipinski definition) is 5. The van der Waals surface area contributed by atoms with Gasteiger partial charge in [0.05, 0.1) is 11.1 Å². The van der Waals surface area contributed by atoms with E-state index in [9.17, 15) is 22.4 Å². The van der Waals surface area contributed by atoms with E-state index in [0.717, 1.165) is 23.5 Å². The molecule has 0 radical (unpaired) electrons. The van der Waals surface area contributed by atoms with Crippen molar-refractivity contribution >= 4 is 33.9 Å². The second kappa shape index (κ2) is 9.37. The van der Waals surface area contributed by atoms with Crippen molar-refractivity contribution in [3.63, 3.8) is 0 Å². The molecule has 168 valence electrons. The lowest BCUT2D eigenvalue weighted by atomic mass is 10.1. The van der Waals surface area contributed by atoms with E-state index in [0.29, 0.717) is 21.3 Å². The van der Waals surface area contributed by atoms with E-state index in [-0.39, 0.29) is 17.8 Å². The summed E-state index contributed by atoms with van der Waals surface area (Å²) >= 11 is 1.16. The number of aromatic nitrogens is 2. The predicted octanol–water partition coefficient (Wildman–Crippen LogP) is 6.28. The summed E-state index contributed by atoms with van der Waals surface area (Å²) in [6.45, 7) is 0. The van der Waals surface area contributed by atoms with Crippen molar-refractivity contribution < 1.29 is 22.4 Å². The third kappa shape index (κ3) is 5.72. The number of halogens is 4. The van der Waals surface area contributed by atoms with Crippen LogP contribution in [-0.4, -0.2) is 15.9 Å². The SMILES string of the molecule is O=C(Nc1ncc(Cc2cccc(C(F)(F)F)c2)s1)c1cccnc1Nc1cccc(F)c1. The quantitative estimate of drug-likeness (QED) is 0.324.